The van der Waals surface area contributed by atoms with Gasteiger partial charge in [0.1, 0.15) is 0 Å². The first kappa shape index (κ1) is 22.0. The number of aromatic nitrogens is 3. The van der Waals surface area contributed by atoms with Crippen LogP contribution in [-0.2, 0) is 9.84 Å². The molecule has 1 saturated heterocycles. The fourth-order valence-electron chi connectivity index (χ4n) is 4.90. The SMILES string of the molecule is Cc1nn([C@@H]2CCS(=O)(=O)C2)c2nc(C3CC3)cc(C(=O)Nc3ccc(-c4ccccc4)cc3)c12. The van der Waals surface area contributed by atoms with E-state index >= 15 is 0 Å². The van der Waals surface area contributed by atoms with Crippen molar-refractivity contribution >= 4 is 32.5 Å². The molecule has 1 saturated carbocycles. The number of carbonyl (C=O) groups excluding carboxylic acids is 1. The summed E-state index contributed by atoms with van der Waals surface area (Å²) in [5, 5.41) is 8.39. The van der Waals surface area contributed by atoms with Gasteiger partial charge in [-0.15, -0.1) is 0 Å². The van der Waals surface area contributed by atoms with Crippen molar-refractivity contribution in [3.63, 3.8) is 0 Å². The Hall–Kier alpha value is -3.52. The van der Waals surface area contributed by atoms with Crippen molar-refractivity contribution in [1.82, 2.24) is 14.8 Å². The second kappa shape index (κ2) is 8.30. The van der Waals surface area contributed by atoms with E-state index in [1.54, 1.807) is 4.68 Å². The van der Waals surface area contributed by atoms with Gasteiger partial charge in [0.25, 0.3) is 5.91 Å². The van der Waals surface area contributed by atoms with E-state index in [-0.39, 0.29) is 23.5 Å². The van der Waals surface area contributed by atoms with E-state index in [9.17, 15) is 13.2 Å². The lowest BCUT2D eigenvalue weighted by Crippen LogP contribution is -2.15. The number of amides is 1. The van der Waals surface area contributed by atoms with Crippen LogP contribution < -0.4 is 5.32 Å². The summed E-state index contributed by atoms with van der Waals surface area (Å²) < 4.78 is 26.0. The first-order valence-electron chi connectivity index (χ1n) is 11.9. The average Bonchev–Trinajstić information content (AvgIpc) is 3.58. The third-order valence-electron chi connectivity index (χ3n) is 6.90. The Morgan fingerprint density at radius 1 is 1.00 bits per heavy atom. The van der Waals surface area contributed by atoms with E-state index in [2.05, 4.69) is 22.5 Å². The third kappa shape index (κ3) is 4.23. The predicted octanol–water partition coefficient (Wildman–Crippen LogP) is 4.90. The smallest absolute Gasteiger partial charge is 0.256 e. The number of fused-ring (bicyclic) bond motifs is 1. The molecule has 0 bridgehead atoms. The highest BCUT2D eigenvalue weighted by Gasteiger charge is 2.34. The Bertz CT molecular complexity index is 1540. The molecule has 2 aromatic heterocycles. The lowest BCUT2D eigenvalue weighted by atomic mass is 10.0. The molecular weight excluding hydrogens is 460 g/mol. The molecule has 1 aliphatic heterocycles. The quantitative estimate of drug-likeness (QED) is 0.433. The molecule has 2 aliphatic rings. The summed E-state index contributed by atoms with van der Waals surface area (Å²) >= 11 is 0. The molecular formula is C27H26N4O3S. The van der Waals surface area contributed by atoms with E-state index in [1.165, 1.54) is 0 Å². The zero-order chi connectivity index (χ0) is 24.2. The van der Waals surface area contributed by atoms with Crippen molar-refractivity contribution in [3.8, 4) is 11.1 Å². The number of sulfone groups is 1. The minimum atomic E-state index is -3.08. The molecule has 2 fully saturated rings. The van der Waals surface area contributed by atoms with Crippen LogP contribution in [0.25, 0.3) is 22.2 Å². The number of aryl methyl sites for hydroxylation is 1. The lowest BCUT2D eigenvalue weighted by molar-refractivity contribution is 0.102. The van der Waals surface area contributed by atoms with E-state index < -0.39 is 9.84 Å². The van der Waals surface area contributed by atoms with Gasteiger partial charge in [0.2, 0.25) is 0 Å². The molecule has 0 unspecified atom stereocenters. The van der Waals surface area contributed by atoms with Crippen molar-refractivity contribution in [3.05, 3.63) is 77.6 Å². The number of pyridine rings is 1. The van der Waals surface area contributed by atoms with Gasteiger partial charge < -0.3 is 5.32 Å². The second-order valence-corrected chi connectivity index (χ2v) is 11.8. The Labute approximate surface area is 204 Å². The van der Waals surface area contributed by atoms with Gasteiger partial charge in [-0.25, -0.2) is 18.1 Å². The molecule has 0 radical (unpaired) electrons. The summed E-state index contributed by atoms with van der Waals surface area (Å²) in [4.78, 5) is 18.4. The largest absolute Gasteiger partial charge is 0.322 e. The number of nitrogens with one attached hydrogen (secondary N) is 1. The number of benzene rings is 2. The maximum absolute atomic E-state index is 13.5. The molecule has 8 heteroatoms. The molecule has 4 aromatic rings. The van der Waals surface area contributed by atoms with Crippen molar-refractivity contribution < 1.29 is 13.2 Å². The molecule has 2 aromatic carbocycles. The maximum atomic E-state index is 13.5. The Morgan fingerprint density at radius 3 is 2.37 bits per heavy atom. The van der Waals surface area contributed by atoms with Gasteiger partial charge >= 0.3 is 0 Å². The van der Waals surface area contributed by atoms with Crippen molar-refractivity contribution in [1.29, 1.82) is 0 Å². The summed E-state index contributed by atoms with van der Waals surface area (Å²) in [7, 11) is -3.08. The molecule has 1 atom stereocenters. The number of hydrogen-bond acceptors (Lipinski definition) is 5. The van der Waals surface area contributed by atoms with E-state index in [0.29, 0.717) is 40.3 Å². The Balaban J connectivity index is 1.35. The summed E-state index contributed by atoms with van der Waals surface area (Å²) in [6, 6.07) is 19.5. The van der Waals surface area contributed by atoms with Crippen LogP contribution in [-0.4, -0.2) is 40.6 Å². The minimum Gasteiger partial charge on any atom is -0.322 e. The number of anilines is 1. The Kier molecular flexibility index (Phi) is 5.21. The van der Waals surface area contributed by atoms with Crippen LogP contribution in [0.2, 0.25) is 0 Å². The molecule has 3 heterocycles. The average molecular weight is 487 g/mol. The number of rotatable bonds is 5. The van der Waals surface area contributed by atoms with Crippen LogP contribution in [0.4, 0.5) is 5.69 Å². The van der Waals surface area contributed by atoms with Gasteiger partial charge in [0.15, 0.2) is 15.5 Å². The third-order valence-corrected chi connectivity index (χ3v) is 8.65. The summed E-state index contributed by atoms with van der Waals surface area (Å²) in [6.45, 7) is 1.85. The summed E-state index contributed by atoms with van der Waals surface area (Å²) in [5.74, 6) is 0.348. The van der Waals surface area contributed by atoms with Gasteiger partial charge in [0.05, 0.1) is 34.2 Å². The monoisotopic (exact) mass is 486 g/mol. The highest BCUT2D eigenvalue weighted by molar-refractivity contribution is 7.91. The molecule has 178 valence electrons. The molecule has 0 spiro atoms. The molecule has 6 rings (SSSR count). The molecule has 1 aliphatic carbocycles. The van der Waals surface area contributed by atoms with Crippen LogP contribution >= 0.6 is 0 Å². The topological polar surface area (TPSA) is 93.9 Å². The van der Waals surface area contributed by atoms with E-state index in [1.807, 2.05) is 55.5 Å². The minimum absolute atomic E-state index is 0.0633. The van der Waals surface area contributed by atoms with Crippen LogP contribution in [0.3, 0.4) is 0 Å². The van der Waals surface area contributed by atoms with Gasteiger partial charge in [0, 0.05) is 17.3 Å². The van der Waals surface area contributed by atoms with Crippen LogP contribution in [0.15, 0.2) is 60.7 Å². The zero-order valence-electron chi connectivity index (χ0n) is 19.4. The molecule has 35 heavy (non-hydrogen) atoms. The van der Waals surface area contributed by atoms with Crippen LogP contribution in [0.1, 0.15) is 53.0 Å². The van der Waals surface area contributed by atoms with Gasteiger partial charge in [-0.3, -0.25) is 4.79 Å². The molecule has 7 nitrogen and oxygen atoms in total. The normalized spacial score (nSPS) is 19.2. The first-order valence-corrected chi connectivity index (χ1v) is 13.8. The lowest BCUT2D eigenvalue weighted by Gasteiger charge is -2.12. The second-order valence-electron chi connectivity index (χ2n) is 9.55. The zero-order valence-corrected chi connectivity index (χ0v) is 20.3. The highest BCUT2D eigenvalue weighted by atomic mass is 32.2. The van der Waals surface area contributed by atoms with Gasteiger partial charge in [-0.2, -0.15) is 5.10 Å². The van der Waals surface area contributed by atoms with Crippen molar-refractivity contribution in [2.24, 2.45) is 0 Å². The van der Waals surface area contributed by atoms with Crippen molar-refractivity contribution in [2.75, 3.05) is 16.8 Å². The summed E-state index contributed by atoms with van der Waals surface area (Å²) in [6.07, 6.45) is 2.61. The van der Waals surface area contributed by atoms with Gasteiger partial charge in [-0.1, -0.05) is 42.5 Å². The number of nitrogens with zero attached hydrogens (tertiary/aromatic N) is 3. The summed E-state index contributed by atoms with van der Waals surface area (Å²) in [5.41, 5.74) is 5.61. The molecule has 1 amide bonds. The standard InChI is InChI=1S/C27H26N4O3S/c1-17-25-23(27(32)28-21-11-9-19(10-12-21)18-5-3-2-4-6-18)15-24(20-7-8-20)29-26(25)31(30-17)22-13-14-35(33,34)16-22/h2-6,9-12,15,20,22H,7-8,13-14,16H2,1H3,(H,28,32)/t22-/m1/s1. The van der Waals surface area contributed by atoms with E-state index in [0.717, 1.165) is 29.7 Å². The van der Waals surface area contributed by atoms with Crippen LogP contribution in [0.5, 0.6) is 0 Å². The van der Waals surface area contributed by atoms with E-state index in [4.69, 9.17) is 4.98 Å². The van der Waals surface area contributed by atoms with Crippen molar-refractivity contribution in [2.45, 2.75) is 38.1 Å². The fraction of sp³-hybridized carbons (Fsp3) is 0.296. The number of carbonyl (C=O) groups is 1. The van der Waals surface area contributed by atoms with Crippen LogP contribution in [0, 0.1) is 6.92 Å². The predicted molar refractivity (Wildman–Crippen MR) is 136 cm³/mol. The fourth-order valence-corrected chi connectivity index (χ4v) is 6.59. The van der Waals surface area contributed by atoms with Gasteiger partial charge in [-0.05, 0) is 55.5 Å². The number of hydrogen-bond donors (Lipinski definition) is 1. The first-order chi connectivity index (χ1) is 16.9. The maximum Gasteiger partial charge on any atom is 0.256 e. The molecule has 1 N–H and O–H groups in total. The highest BCUT2D eigenvalue weighted by Crippen LogP contribution is 2.41. The Morgan fingerprint density at radius 2 is 1.71 bits per heavy atom.